The largest absolute Gasteiger partial charge is 0.416 e. The predicted octanol–water partition coefficient (Wildman–Crippen LogP) is 4.91. The van der Waals surface area contributed by atoms with E-state index in [4.69, 9.17) is 0 Å². The van der Waals surface area contributed by atoms with Gasteiger partial charge in [0.05, 0.1) is 5.56 Å². The molecule has 0 bridgehead atoms. The lowest BCUT2D eigenvalue weighted by atomic mass is 10.0. The van der Waals surface area contributed by atoms with E-state index in [0.29, 0.717) is 17.5 Å². The van der Waals surface area contributed by atoms with Gasteiger partial charge < -0.3 is 10.2 Å². The summed E-state index contributed by atoms with van der Waals surface area (Å²) in [7, 11) is 2.17. The number of hydrogen-bond donors (Lipinski definition) is 1. The number of nitrogens with one attached hydrogen (secondary N) is 1. The van der Waals surface area contributed by atoms with Crippen LogP contribution in [0, 0.1) is 0 Å². The lowest BCUT2D eigenvalue weighted by molar-refractivity contribution is -0.137. The first kappa shape index (κ1) is 25.9. The van der Waals surface area contributed by atoms with E-state index in [1.165, 1.54) is 17.7 Å². The molecular formula is C23H30Cl2F3N3. The standard InChI is InChI=1S/C23H28F3N3.2ClH/c1-28-11-13-29(14-12-28)10-9-27-22-16-21(22)18-7-5-17(6-8-18)19-3-2-4-20(15-19)23(24,25)26;;/h2-8,15,21-22,27H,9-14,16H2,1H3;2*1H/t21?,22-;;/m0../s1. The Kier molecular flexibility index (Phi) is 9.22. The molecule has 0 amide bonds. The Labute approximate surface area is 194 Å². The summed E-state index contributed by atoms with van der Waals surface area (Å²) in [6.45, 7) is 6.67. The number of nitrogens with zero attached hydrogens (tertiary/aromatic N) is 2. The third kappa shape index (κ3) is 6.83. The molecule has 1 aliphatic carbocycles. The number of hydrogen-bond acceptors (Lipinski definition) is 3. The maximum Gasteiger partial charge on any atom is 0.416 e. The minimum atomic E-state index is -4.31. The van der Waals surface area contributed by atoms with Gasteiger partial charge in [0, 0.05) is 51.2 Å². The molecule has 1 aliphatic heterocycles. The fourth-order valence-electron chi connectivity index (χ4n) is 4.07. The Morgan fingerprint density at radius 2 is 1.61 bits per heavy atom. The molecule has 1 N–H and O–H groups in total. The number of benzene rings is 2. The monoisotopic (exact) mass is 475 g/mol. The van der Waals surface area contributed by atoms with Crippen LogP contribution in [0.1, 0.15) is 23.5 Å². The van der Waals surface area contributed by atoms with Crippen LogP contribution in [-0.4, -0.2) is 62.2 Å². The van der Waals surface area contributed by atoms with Crippen LogP contribution in [0.3, 0.4) is 0 Å². The number of rotatable bonds is 6. The van der Waals surface area contributed by atoms with E-state index in [2.05, 4.69) is 34.3 Å². The van der Waals surface area contributed by atoms with E-state index in [0.717, 1.165) is 57.3 Å². The summed E-state index contributed by atoms with van der Waals surface area (Å²) in [5, 5.41) is 3.65. The first-order chi connectivity index (χ1) is 13.9. The van der Waals surface area contributed by atoms with E-state index in [1.54, 1.807) is 6.07 Å². The zero-order chi connectivity index (χ0) is 20.4. The molecule has 3 nitrogen and oxygen atoms in total. The van der Waals surface area contributed by atoms with Crippen LogP contribution in [0.5, 0.6) is 0 Å². The molecule has 0 aromatic heterocycles. The average Bonchev–Trinajstić information content (AvgIpc) is 3.49. The topological polar surface area (TPSA) is 18.5 Å². The summed E-state index contributed by atoms with van der Waals surface area (Å²) in [6, 6.07) is 14.0. The Morgan fingerprint density at radius 1 is 0.935 bits per heavy atom. The Morgan fingerprint density at radius 3 is 2.26 bits per heavy atom. The summed E-state index contributed by atoms with van der Waals surface area (Å²) < 4.78 is 38.8. The molecule has 2 aromatic rings. The van der Waals surface area contributed by atoms with E-state index >= 15 is 0 Å². The summed E-state index contributed by atoms with van der Waals surface area (Å²) in [4.78, 5) is 4.87. The second-order valence-electron chi connectivity index (χ2n) is 8.25. The van der Waals surface area contributed by atoms with Crippen LogP contribution >= 0.6 is 24.8 Å². The molecular weight excluding hydrogens is 446 g/mol. The van der Waals surface area contributed by atoms with Crippen molar-refractivity contribution in [3.63, 3.8) is 0 Å². The van der Waals surface area contributed by atoms with Crippen molar-refractivity contribution >= 4 is 24.8 Å². The molecule has 8 heteroatoms. The lowest BCUT2D eigenvalue weighted by Gasteiger charge is -2.32. The summed E-state index contributed by atoms with van der Waals surface area (Å²) >= 11 is 0. The minimum absolute atomic E-state index is 0. The van der Waals surface area contributed by atoms with Crippen LogP contribution in [0.25, 0.3) is 11.1 Å². The average molecular weight is 476 g/mol. The first-order valence-electron chi connectivity index (χ1n) is 10.3. The Bertz CT molecular complexity index is 822. The maximum atomic E-state index is 12.9. The van der Waals surface area contributed by atoms with Gasteiger partial charge in [0.15, 0.2) is 0 Å². The molecule has 2 atom stereocenters. The first-order valence-corrected chi connectivity index (χ1v) is 10.3. The van der Waals surface area contributed by atoms with Crippen LogP contribution < -0.4 is 5.32 Å². The summed E-state index contributed by atoms with van der Waals surface area (Å²) in [6.07, 6.45) is -3.18. The summed E-state index contributed by atoms with van der Waals surface area (Å²) in [5.41, 5.74) is 2.08. The van der Waals surface area contributed by atoms with Crippen molar-refractivity contribution in [1.29, 1.82) is 0 Å². The van der Waals surface area contributed by atoms with Gasteiger partial charge in [0.2, 0.25) is 0 Å². The van der Waals surface area contributed by atoms with Crippen molar-refractivity contribution in [3.05, 3.63) is 59.7 Å². The van der Waals surface area contributed by atoms with Crippen molar-refractivity contribution < 1.29 is 13.2 Å². The van der Waals surface area contributed by atoms with Crippen LogP contribution in [0.2, 0.25) is 0 Å². The second kappa shape index (κ2) is 11.0. The molecule has 1 unspecified atom stereocenters. The van der Waals surface area contributed by atoms with Crippen LogP contribution in [-0.2, 0) is 6.18 Å². The Balaban J connectivity index is 0.00000171. The molecule has 2 aromatic carbocycles. The quantitative estimate of drug-likeness (QED) is 0.640. The number of likely N-dealkylation sites (N-methyl/N-ethyl adjacent to an activating group) is 1. The highest BCUT2D eigenvalue weighted by atomic mass is 35.5. The fourth-order valence-corrected chi connectivity index (χ4v) is 4.07. The molecule has 0 radical (unpaired) electrons. The van der Waals surface area contributed by atoms with Crippen molar-refractivity contribution in [2.75, 3.05) is 46.3 Å². The van der Waals surface area contributed by atoms with E-state index in [-0.39, 0.29) is 24.8 Å². The normalized spacial score (nSPS) is 21.8. The lowest BCUT2D eigenvalue weighted by Crippen LogP contribution is -2.46. The predicted molar refractivity (Wildman–Crippen MR) is 124 cm³/mol. The van der Waals surface area contributed by atoms with Gasteiger partial charge >= 0.3 is 6.18 Å². The molecule has 31 heavy (non-hydrogen) atoms. The van der Waals surface area contributed by atoms with E-state index in [9.17, 15) is 13.2 Å². The molecule has 1 saturated heterocycles. The van der Waals surface area contributed by atoms with Crippen molar-refractivity contribution in [3.8, 4) is 11.1 Å². The zero-order valence-electron chi connectivity index (χ0n) is 17.6. The van der Waals surface area contributed by atoms with Gasteiger partial charge in [-0.15, -0.1) is 24.8 Å². The zero-order valence-corrected chi connectivity index (χ0v) is 19.2. The van der Waals surface area contributed by atoms with Gasteiger partial charge in [0.1, 0.15) is 0 Å². The SMILES string of the molecule is CN1CCN(CCN[C@H]2CC2c2ccc(-c3cccc(C(F)(F)F)c3)cc2)CC1.Cl.Cl. The van der Waals surface area contributed by atoms with Gasteiger partial charge in [-0.3, -0.25) is 4.90 Å². The smallest absolute Gasteiger partial charge is 0.312 e. The third-order valence-electron chi connectivity index (χ3n) is 6.08. The van der Waals surface area contributed by atoms with Gasteiger partial charge in [-0.25, -0.2) is 0 Å². The van der Waals surface area contributed by atoms with Crippen molar-refractivity contribution in [2.24, 2.45) is 0 Å². The van der Waals surface area contributed by atoms with E-state index in [1.807, 2.05) is 12.1 Å². The van der Waals surface area contributed by atoms with Crippen molar-refractivity contribution in [2.45, 2.75) is 24.6 Å². The molecule has 4 rings (SSSR count). The minimum Gasteiger partial charge on any atom is -0.312 e. The van der Waals surface area contributed by atoms with Crippen molar-refractivity contribution in [1.82, 2.24) is 15.1 Å². The maximum absolute atomic E-state index is 12.9. The molecule has 172 valence electrons. The third-order valence-corrected chi connectivity index (χ3v) is 6.08. The molecule has 1 heterocycles. The van der Waals surface area contributed by atoms with Gasteiger partial charge in [-0.1, -0.05) is 36.4 Å². The van der Waals surface area contributed by atoms with Gasteiger partial charge in [0.25, 0.3) is 0 Å². The van der Waals surface area contributed by atoms with E-state index < -0.39 is 11.7 Å². The highest BCUT2D eigenvalue weighted by Gasteiger charge is 2.37. The number of piperazine rings is 1. The molecule has 2 fully saturated rings. The molecule has 2 aliphatic rings. The number of halogens is 5. The summed E-state index contributed by atoms with van der Waals surface area (Å²) in [5.74, 6) is 0.512. The van der Waals surface area contributed by atoms with Gasteiger partial charge in [-0.05, 0) is 42.3 Å². The highest BCUT2D eigenvalue weighted by Crippen LogP contribution is 2.41. The highest BCUT2D eigenvalue weighted by molar-refractivity contribution is 5.85. The van der Waals surface area contributed by atoms with Crippen LogP contribution in [0.15, 0.2) is 48.5 Å². The number of alkyl halides is 3. The molecule has 1 saturated carbocycles. The van der Waals surface area contributed by atoms with Gasteiger partial charge in [-0.2, -0.15) is 13.2 Å². The second-order valence-corrected chi connectivity index (χ2v) is 8.25. The van der Waals surface area contributed by atoms with Crippen LogP contribution in [0.4, 0.5) is 13.2 Å². The fraction of sp³-hybridized carbons (Fsp3) is 0.478. The Hall–Kier alpha value is -1.31. The molecule has 0 spiro atoms.